The molecule has 258 valence electrons. The average Bonchev–Trinajstić information content (AvgIpc) is 3.65. The Labute approximate surface area is 320 Å². The number of hydrogen-bond acceptors (Lipinski definition) is 1. The number of aromatic nitrogens is 2. The molecule has 0 saturated carbocycles. The molecule has 1 aromatic heterocycles. The number of hydrogen-bond donors (Lipinski definition) is 0. The van der Waals surface area contributed by atoms with Gasteiger partial charge in [0, 0.05) is 5.69 Å². The minimum Gasteiger partial charge on any atom is -0.293 e. The van der Waals surface area contributed by atoms with Gasteiger partial charge in [0.15, 0.2) is 0 Å². The Morgan fingerprint density at radius 3 is 1.58 bits per heavy atom. The van der Waals surface area contributed by atoms with Gasteiger partial charge in [0.1, 0.15) is 5.82 Å². The fourth-order valence-corrected chi connectivity index (χ4v) is 8.83. The summed E-state index contributed by atoms with van der Waals surface area (Å²) in [6.07, 6.45) is 6.48. The lowest BCUT2D eigenvalue weighted by Crippen LogP contribution is -2.03. The van der Waals surface area contributed by atoms with E-state index in [9.17, 15) is 0 Å². The second-order valence-corrected chi connectivity index (χ2v) is 14.7. The van der Waals surface area contributed by atoms with Gasteiger partial charge >= 0.3 is 0 Å². The van der Waals surface area contributed by atoms with E-state index in [0.717, 1.165) is 35.4 Å². The van der Waals surface area contributed by atoms with Crippen molar-refractivity contribution in [3.8, 4) is 27.9 Å². The van der Waals surface area contributed by atoms with E-state index in [4.69, 9.17) is 4.98 Å². The van der Waals surface area contributed by atoms with Gasteiger partial charge in [-0.05, 0) is 137 Å². The summed E-state index contributed by atoms with van der Waals surface area (Å²) >= 11 is 0. The molecular weight excluding hydrogens is 665 g/mol. The molecule has 0 bridgehead atoms. The Morgan fingerprint density at radius 2 is 0.909 bits per heavy atom. The van der Waals surface area contributed by atoms with Crippen molar-refractivity contribution in [3.63, 3.8) is 0 Å². The van der Waals surface area contributed by atoms with Crippen LogP contribution in [-0.2, 0) is 0 Å². The molecule has 2 nitrogen and oxygen atoms in total. The third-order valence-corrected chi connectivity index (χ3v) is 11.5. The second kappa shape index (κ2) is 12.8. The van der Waals surface area contributed by atoms with E-state index < -0.39 is 0 Å². The van der Waals surface area contributed by atoms with E-state index in [1.54, 1.807) is 0 Å². The maximum absolute atomic E-state index is 5.17. The number of fused-ring (bicyclic) bond motifs is 5. The Balaban J connectivity index is 1.12. The highest BCUT2D eigenvalue weighted by Gasteiger charge is 2.21. The monoisotopic (exact) mass is 700 g/mol. The molecule has 0 radical (unpaired) electrons. The number of nitrogens with zero attached hydrogens (tertiary/aromatic N) is 2. The van der Waals surface area contributed by atoms with Crippen LogP contribution in [0.1, 0.15) is 24.2 Å². The zero-order valence-corrected chi connectivity index (χ0v) is 30.3. The standard InChI is InChI=1S/C53H36N2/c1-2-16-44(17-3-1)55-50-21-11-10-20-49(50)54-53(55)38-26-22-37(23-27-38)41-30-31-47-48(34-41)52(43-29-25-36-13-5-7-15-40(36)33-43)46-19-9-8-18-45(46)51(47)42-28-24-35-12-4-6-14-39(35)32-42/h1-22,24-26,28-34H,23,27H2. The molecule has 0 aliphatic heterocycles. The molecular formula is C53H36N2. The van der Waals surface area contributed by atoms with Crippen LogP contribution in [0.3, 0.4) is 0 Å². The summed E-state index contributed by atoms with van der Waals surface area (Å²) in [6.45, 7) is 0. The van der Waals surface area contributed by atoms with Gasteiger partial charge < -0.3 is 0 Å². The first-order valence-corrected chi connectivity index (χ1v) is 19.2. The molecule has 0 fully saturated rings. The highest BCUT2D eigenvalue weighted by Crippen LogP contribution is 2.46. The molecule has 1 aliphatic rings. The summed E-state index contributed by atoms with van der Waals surface area (Å²) in [5.41, 5.74) is 12.2. The van der Waals surface area contributed by atoms with E-state index >= 15 is 0 Å². The van der Waals surface area contributed by atoms with Crippen molar-refractivity contribution < 1.29 is 0 Å². The third-order valence-electron chi connectivity index (χ3n) is 11.5. The molecule has 0 unspecified atom stereocenters. The second-order valence-electron chi connectivity index (χ2n) is 14.7. The van der Waals surface area contributed by atoms with Crippen LogP contribution in [0.15, 0.2) is 194 Å². The van der Waals surface area contributed by atoms with Crippen LogP contribution in [0.25, 0.3) is 93.2 Å². The van der Waals surface area contributed by atoms with E-state index in [1.165, 1.54) is 82.1 Å². The first kappa shape index (κ1) is 31.5. The van der Waals surface area contributed by atoms with E-state index in [2.05, 4.69) is 199 Å². The number of para-hydroxylation sites is 3. The molecule has 1 aliphatic carbocycles. The molecule has 10 aromatic rings. The minimum absolute atomic E-state index is 0.914. The maximum Gasteiger partial charge on any atom is 0.141 e. The third kappa shape index (κ3) is 5.29. The quantitative estimate of drug-likeness (QED) is 0.163. The Hall–Kier alpha value is -7.03. The SMILES string of the molecule is C1=C(c2ccc3c(-c4ccc5ccccc5c4)c4ccccc4c(-c4ccc5ccccc5c4)c3c2)CCC(c2nc3ccccc3n2-c2ccccc2)=C1. The van der Waals surface area contributed by atoms with Crippen molar-refractivity contribution in [3.05, 3.63) is 206 Å². The van der Waals surface area contributed by atoms with Crippen molar-refractivity contribution in [1.29, 1.82) is 0 Å². The fraction of sp³-hybridized carbons (Fsp3) is 0.0377. The highest BCUT2D eigenvalue weighted by atomic mass is 15.1. The van der Waals surface area contributed by atoms with Gasteiger partial charge in [-0.2, -0.15) is 0 Å². The van der Waals surface area contributed by atoms with Crippen LogP contribution >= 0.6 is 0 Å². The molecule has 2 heteroatoms. The van der Waals surface area contributed by atoms with Crippen LogP contribution in [-0.4, -0.2) is 9.55 Å². The highest BCUT2D eigenvalue weighted by molar-refractivity contribution is 6.22. The van der Waals surface area contributed by atoms with Crippen molar-refractivity contribution in [2.45, 2.75) is 12.8 Å². The van der Waals surface area contributed by atoms with Crippen LogP contribution in [0.5, 0.6) is 0 Å². The first-order chi connectivity index (χ1) is 27.3. The summed E-state index contributed by atoms with van der Waals surface area (Å²) in [4.78, 5) is 5.17. The van der Waals surface area contributed by atoms with Crippen molar-refractivity contribution in [2.24, 2.45) is 0 Å². The summed E-state index contributed by atoms with van der Waals surface area (Å²) in [5, 5.41) is 10.1. The number of rotatable bonds is 5. The molecule has 1 heterocycles. The molecule has 11 rings (SSSR count). The van der Waals surface area contributed by atoms with Gasteiger partial charge in [-0.1, -0.05) is 152 Å². The molecule has 0 saturated heterocycles. The number of imidazole rings is 1. The van der Waals surface area contributed by atoms with Crippen molar-refractivity contribution in [2.75, 3.05) is 0 Å². The zero-order chi connectivity index (χ0) is 36.3. The summed E-state index contributed by atoms with van der Waals surface area (Å²) in [7, 11) is 0. The van der Waals surface area contributed by atoms with E-state index in [0.29, 0.717) is 0 Å². The Bertz CT molecular complexity index is 3200. The van der Waals surface area contributed by atoms with Gasteiger partial charge in [-0.15, -0.1) is 0 Å². The van der Waals surface area contributed by atoms with Gasteiger partial charge in [-0.3, -0.25) is 4.57 Å². The van der Waals surface area contributed by atoms with Crippen molar-refractivity contribution >= 4 is 65.3 Å². The van der Waals surface area contributed by atoms with Crippen LogP contribution in [0.4, 0.5) is 0 Å². The molecule has 9 aromatic carbocycles. The van der Waals surface area contributed by atoms with Gasteiger partial charge in [0.25, 0.3) is 0 Å². The predicted octanol–water partition coefficient (Wildman–Crippen LogP) is 14.2. The topological polar surface area (TPSA) is 17.8 Å². The summed E-state index contributed by atoms with van der Waals surface area (Å²) < 4.78 is 2.31. The lowest BCUT2D eigenvalue weighted by molar-refractivity contribution is 0.990. The van der Waals surface area contributed by atoms with E-state index in [-0.39, 0.29) is 0 Å². The Morgan fingerprint density at radius 1 is 0.382 bits per heavy atom. The molecule has 0 atom stereocenters. The lowest BCUT2D eigenvalue weighted by atomic mass is 9.83. The van der Waals surface area contributed by atoms with Crippen LogP contribution < -0.4 is 0 Å². The summed E-state index contributed by atoms with van der Waals surface area (Å²) in [5.74, 6) is 1.02. The van der Waals surface area contributed by atoms with Crippen molar-refractivity contribution in [1.82, 2.24) is 9.55 Å². The van der Waals surface area contributed by atoms with Crippen LogP contribution in [0.2, 0.25) is 0 Å². The fourth-order valence-electron chi connectivity index (χ4n) is 8.83. The number of benzene rings is 9. The molecule has 0 spiro atoms. The smallest absolute Gasteiger partial charge is 0.141 e. The number of allylic oxidation sites excluding steroid dienone is 4. The zero-order valence-electron chi connectivity index (χ0n) is 30.3. The predicted molar refractivity (Wildman–Crippen MR) is 234 cm³/mol. The minimum atomic E-state index is 0.914. The average molecular weight is 701 g/mol. The van der Waals surface area contributed by atoms with Gasteiger partial charge in [0.2, 0.25) is 0 Å². The summed E-state index contributed by atoms with van der Waals surface area (Å²) in [6, 6.07) is 66.4. The lowest BCUT2D eigenvalue weighted by Gasteiger charge is -2.21. The van der Waals surface area contributed by atoms with Crippen LogP contribution in [0, 0.1) is 0 Å². The maximum atomic E-state index is 5.17. The van der Waals surface area contributed by atoms with E-state index in [1.807, 2.05) is 0 Å². The van der Waals surface area contributed by atoms with Gasteiger partial charge in [-0.25, -0.2) is 4.98 Å². The molecule has 0 amide bonds. The Kier molecular flexibility index (Phi) is 7.34. The molecule has 0 N–H and O–H groups in total. The molecule has 55 heavy (non-hydrogen) atoms. The normalized spacial score (nSPS) is 13.2. The largest absolute Gasteiger partial charge is 0.293 e. The van der Waals surface area contributed by atoms with Gasteiger partial charge in [0.05, 0.1) is 11.0 Å². The first-order valence-electron chi connectivity index (χ1n) is 19.2.